The van der Waals surface area contributed by atoms with Crippen LogP contribution in [0.1, 0.15) is 11.1 Å². The van der Waals surface area contributed by atoms with Gasteiger partial charge < -0.3 is 15.0 Å². The van der Waals surface area contributed by atoms with Gasteiger partial charge in [-0.3, -0.25) is 19.7 Å². The number of aryl methyl sites for hydroxylation is 2. The van der Waals surface area contributed by atoms with Crippen LogP contribution in [0.25, 0.3) is 0 Å². The molecule has 1 N–H and O–H groups in total. The van der Waals surface area contributed by atoms with Crippen molar-refractivity contribution < 1.29 is 19.2 Å². The molecule has 142 valence electrons. The van der Waals surface area contributed by atoms with Crippen molar-refractivity contribution in [2.75, 3.05) is 25.5 Å². The summed E-state index contributed by atoms with van der Waals surface area (Å²) in [5.74, 6) is -0.352. The first-order valence-corrected chi connectivity index (χ1v) is 8.24. The Labute approximate surface area is 156 Å². The third-order valence-corrected chi connectivity index (χ3v) is 3.87. The Kier molecular flexibility index (Phi) is 6.48. The second-order valence-electron chi connectivity index (χ2n) is 6.16. The van der Waals surface area contributed by atoms with E-state index < -0.39 is 4.92 Å². The number of anilines is 1. The van der Waals surface area contributed by atoms with Gasteiger partial charge in [0.25, 0.3) is 11.6 Å². The highest BCUT2D eigenvalue weighted by molar-refractivity contribution is 5.94. The monoisotopic (exact) mass is 371 g/mol. The Morgan fingerprint density at radius 2 is 1.81 bits per heavy atom. The second-order valence-corrected chi connectivity index (χ2v) is 6.16. The average Bonchev–Trinajstić information content (AvgIpc) is 2.61. The molecule has 2 rings (SSSR count). The van der Waals surface area contributed by atoms with Crippen molar-refractivity contribution in [3.63, 3.8) is 0 Å². The van der Waals surface area contributed by atoms with Crippen LogP contribution in [0.2, 0.25) is 0 Å². The molecular weight excluding hydrogens is 350 g/mol. The van der Waals surface area contributed by atoms with Crippen molar-refractivity contribution in [3.8, 4) is 5.75 Å². The van der Waals surface area contributed by atoms with Gasteiger partial charge in [0.15, 0.2) is 6.61 Å². The number of rotatable bonds is 7. The van der Waals surface area contributed by atoms with E-state index in [9.17, 15) is 19.7 Å². The van der Waals surface area contributed by atoms with Crippen molar-refractivity contribution in [2.24, 2.45) is 0 Å². The number of nitro groups is 1. The van der Waals surface area contributed by atoms with E-state index in [2.05, 4.69) is 5.32 Å². The number of hydrogen-bond acceptors (Lipinski definition) is 5. The maximum absolute atomic E-state index is 12.1. The lowest BCUT2D eigenvalue weighted by molar-refractivity contribution is -0.385. The van der Waals surface area contributed by atoms with Crippen molar-refractivity contribution in [1.82, 2.24) is 4.90 Å². The molecule has 0 atom stereocenters. The minimum Gasteiger partial charge on any atom is -0.484 e. The highest BCUT2D eigenvalue weighted by atomic mass is 16.6. The maximum Gasteiger partial charge on any atom is 0.272 e. The third kappa shape index (κ3) is 5.81. The molecule has 0 aliphatic rings. The molecule has 0 aliphatic heterocycles. The molecule has 0 bridgehead atoms. The summed E-state index contributed by atoms with van der Waals surface area (Å²) in [6.45, 7) is 3.15. The second kappa shape index (κ2) is 8.79. The number of carbonyl (C=O) groups is 2. The minimum atomic E-state index is -0.481. The fourth-order valence-electron chi connectivity index (χ4n) is 2.32. The highest BCUT2D eigenvalue weighted by Crippen LogP contribution is 2.23. The van der Waals surface area contributed by atoms with E-state index in [4.69, 9.17) is 4.74 Å². The minimum absolute atomic E-state index is 0.0152. The smallest absolute Gasteiger partial charge is 0.272 e. The fourth-order valence-corrected chi connectivity index (χ4v) is 2.32. The zero-order chi connectivity index (χ0) is 20.0. The van der Waals surface area contributed by atoms with Gasteiger partial charge in [0.2, 0.25) is 5.91 Å². The predicted octanol–water partition coefficient (Wildman–Crippen LogP) is 2.69. The molecule has 0 heterocycles. The first-order chi connectivity index (χ1) is 12.8. The predicted molar refractivity (Wildman–Crippen MR) is 101 cm³/mol. The number of likely N-dealkylation sites (N-methyl/N-ethyl adjacent to an activating group) is 1. The molecule has 0 radical (unpaired) electrons. The summed E-state index contributed by atoms with van der Waals surface area (Å²) in [7, 11) is 1.50. The Bertz CT molecular complexity index is 849. The summed E-state index contributed by atoms with van der Waals surface area (Å²) < 4.78 is 5.37. The van der Waals surface area contributed by atoms with Gasteiger partial charge >= 0.3 is 0 Å². The zero-order valence-electron chi connectivity index (χ0n) is 15.4. The summed E-state index contributed by atoms with van der Waals surface area (Å²) in [5.41, 5.74) is 2.16. The van der Waals surface area contributed by atoms with Gasteiger partial charge in [-0.2, -0.15) is 0 Å². The molecule has 0 aromatic heterocycles. The van der Waals surface area contributed by atoms with Crippen LogP contribution in [-0.2, 0) is 9.59 Å². The van der Waals surface area contributed by atoms with Crippen LogP contribution in [0, 0.1) is 24.0 Å². The van der Waals surface area contributed by atoms with Gasteiger partial charge in [-0.05, 0) is 38.1 Å². The molecule has 8 nitrogen and oxygen atoms in total. The highest BCUT2D eigenvalue weighted by Gasteiger charge is 2.15. The number of ether oxygens (including phenoxy) is 1. The van der Waals surface area contributed by atoms with Gasteiger partial charge in [-0.15, -0.1) is 0 Å². The first-order valence-electron chi connectivity index (χ1n) is 8.24. The van der Waals surface area contributed by atoms with Gasteiger partial charge in [-0.25, -0.2) is 0 Å². The number of hydrogen-bond donors (Lipinski definition) is 1. The fraction of sp³-hybridized carbons (Fsp3) is 0.263. The normalized spacial score (nSPS) is 10.2. The molecule has 0 aliphatic carbocycles. The molecular formula is C19H21N3O5. The van der Waals surface area contributed by atoms with E-state index in [1.165, 1.54) is 30.1 Å². The molecule has 0 saturated heterocycles. The lowest BCUT2D eigenvalue weighted by Gasteiger charge is -2.17. The lowest BCUT2D eigenvalue weighted by atomic mass is 10.2. The number of benzene rings is 2. The van der Waals surface area contributed by atoms with Gasteiger partial charge in [0, 0.05) is 24.4 Å². The number of nitrogens with one attached hydrogen (secondary N) is 1. The molecule has 27 heavy (non-hydrogen) atoms. The molecule has 2 aromatic carbocycles. The van der Waals surface area contributed by atoms with Crippen LogP contribution in [-0.4, -0.2) is 41.8 Å². The average molecular weight is 371 g/mol. The number of carbonyl (C=O) groups excluding carboxylic acids is 2. The zero-order valence-corrected chi connectivity index (χ0v) is 15.4. The molecule has 2 amide bonds. The van der Waals surface area contributed by atoms with E-state index in [0.717, 1.165) is 5.56 Å². The number of nitro benzene ring substituents is 1. The summed E-state index contributed by atoms with van der Waals surface area (Å²) in [6.07, 6.45) is 0. The first kappa shape index (κ1) is 19.9. The molecule has 8 heteroatoms. The van der Waals surface area contributed by atoms with Crippen molar-refractivity contribution in [1.29, 1.82) is 0 Å². The lowest BCUT2D eigenvalue weighted by Crippen LogP contribution is -2.37. The Balaban J connectivity index is 1.84. The molecule has 2 aromatic rings. The van der Waals surface area contributed by atoms with E-state index in [1.807, 2.05) is 19.1 Å². The summed E-state index contributed by atoms with van der Waals surface area (Å²) in [5, 5.41) is 13.5. The summed E-state index contributed by atoms with van der Waals surface area (Å²) in [4.78, 5) is 35.7. The van der Waals surface area contributed by atoms with Crippen LogP contribution >= 0.6 is 0 Å². The quantitative estimate of drug-likeness (QED) is 0.595. The van der Waals surface area contributed by atoms with Gasteiger partial charge in [-0.1, -0.05) is 17.7 Å². The molecule has 0 unspecified atom stereocenters. The number of amides is 2. The number of nitrogens with zero attached hydrogens (tertiary/aromatic N) is 2. The summed E-state index contributed by atoms with van der Waals surface area (Å²) >= 11 is 0. The van der Waals surface area contributed by atoms with Gasteiger partial charge in [0.1, 0.15) is 5.75 Å². The standard InChI is InChI=1S/C19H21N3O5/c1-13-4-6-15(7-5-13)20-18(23)11-21(3)19(24)12-27-16-8-9-17(22(25)26)14(2)10-16/h4-10H,11-12H2,1-3H3,(H,20,23). The van der Waals surface area contributed by atoms with Crippen LogP contribution in [0.15, 0.2) is 42.5 Å². The van der Waals surface area contributed by atoms with Crippen LogP contribution in [0.3, 0.4) is 0 Å². The van der Waals surface area contributed by atoms with E-state index in [1.54, 1.807) is 19.1 Å². The van der Waals surface area contributed by atoms with Crippen molar-refractivity contribution in [2.45, 2.75) is 13.8 Å². The van der Waals surface area contributed by atoms with Crippen LogP contribution < -0.4 is 10.1 Å². The van der Waals surface area contributed by atoms with Gasteiger partial charge in [0.05, 0.1) is 11.5 Å². The van der Waals surface area contributed by atoms with Crippen molar-refractivity contribution >= 4 is 23.2 Å². The van der Waals surface area contributed by atoms with E-state index in [0.29, 0.717) is 17.0 Å². The Hall–Kier alpha value is -3.42. The van der Waals surface area contributed by atoms with Crippen molar-refractivity contribution in [3.05, 3.63) is 63.7 Å². The Morgan fingerprint density at radius 3 is 2.41 bits per heavy atom. The SMILES string of the molecule is Cc1ccc(NC(=O)CN(C)C(=O)COc2ccc([N+](=O)[O-])c(C)c2)cc1. The summed E-state index contributed by atoms with van der Waals surface area (Å²) in [6, 6.07) is 11.6. The maximum atomic E-state index is 12.1. The van der Waals surface area contributed by atoms with E-state index >= 15 is 0 Å². The third-order valence-electron chi connectivity index (χ3n) is 3.87. The largest absolute Gasteiger partial charge is 0.484 e. The van der Waals surface area contributed by atoms with Crippen LogP contribution in [0.5, 0.6) is 5.75 Å². The Morgan fingerprint density at radius 1 is 1.15 bits per heavy atom. The molecule has 0 saturated carbocycles. The van der Waals surface area contributed by atoms with E-state index in [-0.39, 0.29) is 30.7 Å². The topological polar surface area (TPSA) is 102 Å². The molecule has 0 fully saturated rings. The van der Waals surface area contributed by atoms with Crippen LogP contribution in [0.4, 0.5) is 11.4 Å². The molecule has 0 spiro atoms.